The molecule has 0 saturated heterocycles. The Balaban J connectivity index is 1.84. The first-order chi connectivity index (χ1) is 9.22. The van der Waals surface area contributed by atoms with E-state index in [0.29, 0.717) is 0 Å². The molecule has 2 aliphatic rings. The summed E-state index contributed by atoms with van der Waals surface area (Å²) in [5.41, 5.74) is 3.83. The number of benzene rings is 2. The normalized spacial score (nSPS) is 26.4. The average molecular weight is 252 g/mol. The fourth-order valence-electron chi connectivity index (χ4n) is 3.85. The van der Waals surface area contributed by atoms with Gasteiger partial charge in [0.2, 0.25) is 0 Å². The number of hydrogen-bond donors (Lipinski definition) is 2. The van der Waals surface area contributed by atoms with Crippen molar-refractivity contribution in [2.75, 3.05) is 0 Å². The second-order valence-corrected chi connectivity index (χ2v) is 5.79. The summed E-state index contributed by atoms with van der Waals surface area (Å²) in [6, 6.07) is 16.0. The van der Waals surface area contributed by atoms with Gasteiger partial charge in [-0.1, -0.05) is 48.5 Å². The second-order valence-electron chi connectivity index (χ2n) is 5.79. The van der Waals surface area contributed by atoms with Gasteiger partial charge in [0, 0.05) is 5.41 Å². The van der Waals surface area contributed by atoms with Gasteiger partial charge in [0.25, 0.3) is 0 Å². The molecule has 0 unspecified atom stereocenters. The standard InChI is InChI=1S/C17H16O2/c18-15-13-7-3-1-5-11(13)9-17(15)10-12-6-2-4-8-14(12)16(17)19/h1-8,15-16,18-19H,9-10H2/t15-,16-,17?/m1/s1. The highest BCUT2D eigenvalue weighted by Crippen LogP contribution is 2.58. The van der Waals surface area contributed by atoms with Crippen LogP contribution in [0.4, 0.5) is 0 Å². The third-order valence-corrected chi connectivity index (χ3v) is 4.83. The van der Waals surface area contributed by atoms with Crippen molar-refractivity contribution < 1.29 is 10.2 Å². The maximum atomic E-state index is 10.7. The number of fused-ring (bicyclic) bond motifs is 2. The van der Waals surface area contributed by atoms with Crippen LogP contribution in [-0.2, 0) is 12.8 Å². The summed E-state index contributed by atoms with van der Waals surface area (Å²) in [5, 5.41) is 21.4. The van der Waals surface area contributed by atoms with E-state index in [1.54, 1.807) is 0 Å². The van der Waals surface area contributed by atoms with Gasteiger partial charge in [-0.15, -0.1) is 0 Å². The Hall–Kier alpha value is -1.64. The van der Waals surface area contributed by atoms with E-state index in [4.69, 9.17) is 0 Å². The van der Waals surface area contributed by atoms with Gasteiger partial charge in [-0.2, -0.15) is 0 Å². The van der Waals surface area contributed by atoms with Gasteiger partial charge in [-0.25, -0.2) is 0 Å². The summed E-state index contributed by atoms with van der Waals surface area (Å²) in [7, 11) is 0. The molecule has 2 aromatic rings. The molecule has 0 bridgehead atoms. The topological polar surface area (TPSA) is 40.5 Å². The van der Waals surface area contributed by atoms with E-state index in [2.05, 4.69) is 12.1 Å². The number of aliphatic hydroxyl groups is 2. The fraction of sp³-hybridized carbons (Fsp3) is 0.294. The molecular weight excluding hydrogens is 236 g/mol. The summed E-state index contributed by atoms with van der Waals surface area (Å²) in [4.78, 5) is 0. The van der Waals surface area contributed by atoms with Crippen LogP contribution in [0.25, 0.3) is 0 Å². The van der Waals surface area contributed by atoms with Gasteiger partial charge in [0.05, 0.1) is 12.2 Å². The highest BCUT2D eigenvalue weighted by Gasteiger charge is 2.54. The average Bonchev–Trinajstić information content (AvgIpc) is 2.88. The van der Waals surface area contributed by atoms with Gasteiger partial charge < -0.3 is 10.2 Å². The maximum absolute atomic E-state index is 10.7. The second kappa shape index (κ2) is 3.69. The summed E-state index contributed by atoms with van der Waals surface area (Å²) < 4.78 is 0. The van der Waals surface area contributed by atoms with Crippen LogP contribution in [0.1, 0.15) is 34.5 Å². The number of hydrogen-bond acceptors (Lipinski definition) is 2. The Morgan fingerprint density at radius 3 is 1.58 bits per heavy atom. The summed E-state index contributed by atoms with van der Waals surface area (Å²) in [6.45, 7) is 0. The first kappa shape index (κ1) is 11.2. The van der Waals surface area contributed by atoms with Crippen molar-refractivity contribution in [2.45, 2.75) is 25.0 Å². The highest BCUT2D eigenvalue weighted by atomic mass is 16.3. The third-order valence-electron chi connectivity index (χ3n) is 4.83. The zero-order valence-electron chi connectivity index (χ0n) is 10.6. The Morgan fingerprint density at radius 1 is 0.737 bits per heavy atom. The van der Waals surface area contributed by atoms with Gasteiger partial charge in [-0.3, -0.25) is 0 Å². The lowest BCUT2D eigenvalue weighted by Gasteiger charge is -2.31. The van der Waals surface area contributed by atoms with Crippen LogP contribution in [0.3, 0.4) is 0 Å². The maximum Gasteiger partial charge on any atom is 0.0883 e. The molecule has 0 radical (unpaired) electrons. The van der Waals surface area contributed by atoms with Gasteiger partial charge in [0.1, 0.15) is 0 Å². The molecule has 2 heteroatoms. The molecule has 2 aliphatic carbocycles. The molecule has 19 heavy (non-hydrogen) atoms. The summed E-state index contributed by atoms with van der Waals surface area (Å²) in [6.07, 6.45) is 0.345. The molecule has 2 aromatic carbocycles. The molecule has 96 valence electrons. The lowest BCUT2D eigenvalue weighted by Crippen LogP contribution is -2.30. The smallest absolute Gasteiger partial charge is 0.0883 e. The molecule has 0 aromatic heterocycles. The highest BCUT2D eigenvalue weighted by molar-refractivity contribution is 5.45. The predicted molar refractivity (Wildman–Crippen MR) is 72.6 cm³/mol. The summed E-state index contributed by atoms with van der Waals surface area (Å²) >= 11 is 0. The van der Waals surface area contributed by atoms with E-state index in [-0.39, 0.29) is 0 Å². The Kier molecular flexibility index (Phi) is 2.17. The molecule has 0 amide bonds. The van der Waals surface area contributed by atoms with E-state index in [9.17, 15) is 10.2 Å². The minimum atomic E-state index is -0.578. The van der Waals surface area contributed by atoms with E-state index >= 15 is 0 Å². The van der Waals surface area contributed by atoms with Crippen LogP contribution in [0.15, 0.2) is 48.5 Å². The van der Waals surface area contributed by atoms with Crippen molar-refractivity contribution >= 4 is 0 Å². The van der Waals surface area contributed by atoms with Crippen LogP contribution in [0.2, 0.25) is 0 Å². The minimum Gasteiger partial charge on any atom is -0.388 e. The van der Waals surface area contributed by atoms with Gasteiger partial charge >= 0.3 is 0 Å². The minimum absolute atomic E-state index is 0.465. The molecule has 0 saturated carbocycles. The first-order valence-electron chi connectivity index (χ1n) is 6.74. The van der Waals surface area contributed by atoms with E-state index in [1.165, 1.54) is 11.1 Å². The Labute approximate surface area is 112 Å². The Bertz CT molecular complexity index is 590. The lowest BCUT2D eigenvalue weighted by molar-refractivity contribution is -0.0518. The van der Waals surface area contributed by atoms with Crippen molar-refractivity contribution in [1.82, 2.24) is 0 Å². The van der Waals surface area contributed by atoms with E-state index in [1.807, 2.05) is 36.4 Å². The SMILES string of the molecule is O[C@@H]1c2ccccc2CC12Cc1ccccc1[C@H]2O. The lowest BCUT2D eigenvalue weighted by atomic mass is 9.77. The number of rotatable bonds is 0. The van der Waals surface area contributed by atoms with Gasteiger partial charge in [-0.05, 0) is 35.1 Å². The predicted octanol–water partition coefficient (Wildman–Crippen LogP) is 2.55. The molecule has 2 N–H and O–H groups in total. The van der Waals surface area contributed by atoms with Crippen molar-refractivity contribution in [1.29, 1.82) is 0 Å². The van der Waals surface area contributed by atoms with E-state index in [0.717, 1.165) is 24.0 Å². The van der Waals surface area contributed by atoms with Gasteiger partial charge in [0.15, 0.2) is 0 Å². The molecule has 0 fully saturated rings. The molecule has 0 aliphatic heterocycles. The van der Waals surface area contributed by atoms with Crippen LogP contribution < -0.4 is 0 Å². The van der Waals surface area contributed by atoms with Crippen LogP contribution in [0.5, 0.6) is 0 Å². The largest absolute Gasteiger partial charge is 0.388 e. The fourth-order valence-corrected chi connectivity index (χ4v) is 3.85. The number of aliphatic hydroxyl groups excluding tert-OH is 2. The molecule has 4 rings (SSSR count). The van der Waals surface area contributed by atoms with Crippen LogP contribution in [0, 0.1) is 5.41 Å². The van der Waals surface area contributed by atoms with Crippen molar-refractivity contribution in [3.63, 3.8) is 0 Å². The van der Waals surface area contributed by atoms with Crippen LogP contribution >= 0.6 is 0 Å². The molecule has 1 spiro atoms. The first-order valence-corrected chi connectivity index (χ1v) is 6.74. The van der Waals surface area contributed by atoms with Crippen molar-refractivity contribution in [3.8, 4) is 0 Å². The summed E-state index contributed by atoms with van der Waals surface area (Å²) in [5.74, 6) is 0. The quantitative estimate of drug-likeness (QED) is 0.756. The molecular formula is C17H16O2. The zero-order valence-corrected chi connectivity index (χ0v) is 10.6. The molecule has 0 heterocycles. The molecule has 2 atom stereocenters. The Morgan fingerprint density at radius 2 is 1.16 bits per heavy atom. The van der Waals surface area contributed by atoms with Crippen molar-refractivity contribution in [2.24, 2.45) is 5.41 Å². The van der Waals surface area contributed by atoms with E-state index < -0.39 is 17.6 Å². The van der Waals surface area contributed by atoms with Crippen molar-refractivity contribution in [3.05, 3.63) is 70.8 Å². The zero-order chi connectivity index (χ0) is 13.0. The molecule has 2 nitrogen and oxygen atoms in total. The van der Waals surface area contributed by atoms with Crippen LogP contribution in [-0.4, -0.2) is 10.2 Å². The monoisotopic (exact) mass is 252 g/mol. The third kappa shape index (κ3) is 1.33.